The van der Waals surface area contributed by atoms with Gasteiger partial charge < -0.3 is 4.74 Å². The molecule has 0 atom stereocenters. The molecule has 0 heterocycles. The van der Waals surface area contributed by atoms with Crippen molar-refractivity contribution >= 4 is 5.97 Å². The lowest BCUT2D eigenvalue weighted by Gasteiger charge is -2.09. The SMILES string of the molecule is CC[C](C)OOC(=O)c1ccccc1OC. The second kappa shape index (κ2) is 6.12. The topological polar surface area (TPSA) is 44.8 Å². The zero-order valence-corrected chi connectivity index (χ0v) is 9.65. The number of hydrogen-bond donors (Lipinski definition) is 0. The molecule has 0 N–H and O–H groups in total. The Morgan fingerprint density at radius 2 is 1.94 bits per heavy atom. The first kappa shape index (κ1) is 12.5. The summed E-state index contributed by atoms with van der Waals surface area (Å²) in [5, 5.41) is 0. The first-order chi connectivity index (χ1) is 7.69. The Balaban J connectivity index is 2.65. The number of ether oxygens (including phenoxy) is 1. The predicted molar refractivity (Wildman–Crippen MR) is 58.7 cm³/mol. The van der Waals surface area contributed by atoms with Gasteiger partial charge in [0.1, 0.15) is 17.4 Å². The molecular formula is C12H15O4. The molecule has 0 spiro atoms. The van der Waals surface area contributed by atoms with Crippen molar-refractivity contribution in [2.75, 3.05) is 7.11 Å². The fourth-order valence-corrected chi connectivity index (χ4v) is 1.03. The molecule has 16 heavy (non-hydrogen) atoms. The van der Waals surface area contributed by atoms with Crippen LogP contribution in [0.5, 0.6) is 5.75 Å². The van der Waals surface area contributed by atoms with Gasteiger partial charge in [0, 0.05) is 0 Å². The number of hydrogen-bond acceptors (Lipinski definition) is 4. The summed E-state index contributed by atoms with van der Waals surface area (Å²) in [6, 6.07) is 6.81. The Hall–Kier alpha value is -1.55. The van der Waals surface area contributed by atoms with Crippen LogP contribution >= 0.6 is 0 Å². The average molecular weight is 223 g/mol. The lowest BCUT2D eigenvalue weighted by atomic mass is 10.2. The standard InChI is InChI=1S/C12H15O4/c1-4-9(2)15-16-12(13)10-7-5-6-8-11(10)14-3/h5-8H,4H2,1-3H3. The van der Waals surface area contributed by atoms with Crippen molar-refractivity contribution in [3.8, 4) is 5.75 Å². The third kappa shape index (κ3) is 3.24. The number of rotatable bonds is 5. The van der Waals surface area contributed by atoms with Gasteiger partial charge in [0.05, 0.1) is 7.11 Å². The summed E-state index contributed by atoms with van der Waals surface area (Å²) in [5.74, 6) is -0.101. The molecule has 0 aliphatic rings. The molecule has 0 saturated carbocycles. The van der Waals surface area contributed by atoms with Gasteiger partial charge in [-0.25, -0.2) is 4.79 Å². The first-order valence-electron chi connectivity index (χ1n) is 5.03. The van der Waals surface area contributed by atoms with E-state index in [1.54, 1.807) is 31.2 Å². The molecule has 0 unspecified atom stereocenters. The maximum Gasteiger partial charge on any atom is 0.376 e. The molecule has 0 bridgehead atoms. The lowest BCUT2D eigenvalue weighted by molar-refractivity contribution is -0.232. The molecule has 0 saturated heterocycles. The van der Waals surface area contributed by atoms with E-state index < -0.39 is 5.97 Å². The maximum absolute atomic E-state index is 11.6. The van der Waals surface area contributed by atoms with E-state index in [-0.39, 0.29) is 0 Å². The maximum atomic E-state index is 11.6. The fourth-order valence-electron chi connectivity index (χ4n) is 1.03. The molecule has 0 aliphatic carbocycles. The Morgan fingerprint density at radius 3 is 2.56 bits per heavy atom. The van der Waals surface area contributed by atoms with Crippen LogP contribution in [-0.2, 0) is 9.78 Å². The van der Waals surface area contributed by atoms with E-state index in [1.165, 1.54) is 7.11 Å². The summed E-state index contributed by atoms with van der Waals surface area (Å²) in [7, 11) is 1.50. The molecule has 0 amide bonds. The summed E-state index contributed by atoms with van der Waals surface area (Å²) < 4.78 is 5.04. The minimum absolute atomic E-state index is 0.342. The van der Waals surface area contributed by atoms with Crippen LogP contribution in [0.3, 0.4) is 0 Å². The average Bonchev–Trinajstić information content (AvgIpc) is 2.35. The van der Waals surface area contributed by atoms with E-state index in [4.69, 9.17) is 9.62 Å². The molecule has 4 heteroatoms. The lowest BCUT2D eigenvalue weighted by Crippen LogP contribution is -2.09. The quantitative estimate of drug-likeness (QED) is 0.568. The number of benzene rings is 1. The first-order valence-corrected chi connectivity index (χ1v) is 5.03. The van der Waals surface area contributed by atoms with E-state index in [0.29, 0.717) is 23.8 Å². The molecular weight excluding hydrogens is 208 g/mol. The van der Waals surface area contributed by atoms with Crippen LogP contribution in [0.2, 0.25) is 0 Å². The van der Waals surface area contributed by atoms with Gasteiger partial charge in [0.2, 0.25) is 0 Å². The minimum atomic E-state index is -0.565. The van der Waals surface area contributed by atoms with Crippen LogP contribution in [0.15, 0.2) is 24.3 Å². The highest BCUT2D eigenvalue weighted by atomic mass is 17.2. The smallest absolute Gasteiger partial charge is 0.376 e. The number of carbonyl (C=O) groups is 1. The van der Waals surface area contributed by atoms with E-state index in [2.05, 4.69) is 4.89 Å². The van der Waals surface area contributed by atoms with E-state index >= 15 is 0 Å². The van der Waals surface area contributed by atoms with Crippen LogP contribution in [0.25, 0.3) is 0 Å². The highest BCUT2D eigenvalue weighted by molar-refractivity contribution is 5.92. The van der Waals surface area contributed by atoms with Crippen LogP contribution < -0.4 is 4.74 Å². The van der Waals surface area contributed by atoms with Crippen molar-refractivity contribution in [1.29, 1.82) is 0 Å². The summed E-state index contributed by atoms with van der Waals surface area (Å²) in [4.78, 5) is 21.1. The normalized spacial score (nSPS) is 10.2. The Bertz CT molecular complexity index is 349. The summed E-state index contributed by atoms with van der Waals surface area (Å²) in [5.41, 5.74) is 0.342. The Labute approximate surface area is 95.1 Å². The van der Waals surface area contributed by atoms with Gasteiger partial charge in [0.25, 0.3) is 0 Å². The molecule has 1 aromatic rings. The Morgan fingerprint density at radius 1 is 1.25 bits per heavy atom. The second-order valence-electron chi connectivity index (χ2n) is 3.21. The van der Waals surface area contributed by atoms with E-state index in [9.17, 15) is 4.79 Å². The largest absolute Gasteiger partial charge is 0.496 e. The highest BCUT2D eigenvalue weighted by Gasteiger charge is 2.15. The van der Waals surface area contributed by atoms with Crippen molar-refractivity contribution < 1.29 is 19.3 Å². The van der Waals surface area contributed by atoms with Crippen LogP contribution in [0.1, 0.15) is 30.6 Å². The number of methoxy groups -OCH3 is 1. The van der Waals surface area contributed by atoms with Crippen molar-refractivity contribution in [1.82, 2.24) is 0 Å². The van der Waals surface area contributed by atoms with Crippen molar-refractivity contribution in [2.45, 2.75) is 20.3 Å². The van der Waals surface area contributed by atoms with Crippen LogP contribution in [0.4, 0.5) is 0 Å². The molecule has 0 aromatic heterocycles. The summed E-state index contributed by atoms with van der Waals surface area (Å²) in [6.07, 6.45) is 1.34. The zero-order chi connectivity index (χ0) is 12.0. The molecule has 87 valence electrons. The van der Waals surface area contributed by atoms with Crippen molar-refractivity contribution in [3.63, 3.8) is 0 Å². The van der Waals surface area contributed by atoms with Gasteiger partial charge in [-0.15, -0.1) is 0 Å². The third-order valence-electron chi connectivity index (χ3n) is 2.08. The summed E-state index contributed by atoms with van der Waals surface area (Å²) >= 11 is 0. The molecule has 0 aliphatic heterocycles. The van der Waals surface area contributed by atoms with E-state index in [1.807, 2.05) is 6.92 Å². The van der Waals surface area contributed by atoms with Crippen LogP contribution in [0, 0.1) is 6.10 Å². The van der Waals surface area contributed by atoms with Gasteiger partial charge >= 0.3 is 5.97 Å². The fraction of sp³-hybridized carbons (Fsp3) is 0.333. The molecule has 4 nitrogen and oxygen atoms in total. The van der Waals surface area contributed by atoms with E-state index in [0.717, 1.165) is 0 Å². The van der Waals surface area contributed by atoms with Crippen molar-refractivity contribution in [3.05, 3.63) is 35.9 Å². The number of para-hydroxylation sites is 1. The predicted octanol–water partition coefficient (Wildman–Crippen LogP) is 2.75. The number of carbonyl (C=O) groups excluding carboxylic acids is 1. The van der Waals surface area contributed by atoms with Gasteiger partial charge in [0.15, 0.2) is 0 Å². The van der Waals surface area contributed by atoms with Crippen molar-refractivity contribution in [2.24, 2.45) is 0 Å². The molecule has 1 aromatic carbocycles. The van der Waals surface area contributed by atoms with Crippen LogP contribution in [-0.4, -0.2) is 13.1 Å². The molecule has 1 radical (unpaired) electrons. The van der Waals surface area contributed by atoms with Gasteiger partial charge in [-0.1, -0.05) is 19.1 Å². The molecule has 1 rings (SSSR count). The minimum Gasteiger partial charge on any atom is -0.496 e. The van der Waals surface area contributed by atoms with Gasteiger partial charge in [-0.2, -0.15) is 4.89 Å². The monoisotopic (exact) mass is 223 g/mol. The van der Waals surface area contributed by atoms with Gasteiger partial charge in [-0.3, -0.25) is 4.89 Å². The Kier molecular flexibility index (Phi) is 4.79. The second-order valence-corrected chi connectivity index (χ2v) is 3.21. The third-order valence-corrected chi connectivity index (χ3v) is 2.08. The highest BCUT2D eigenvalue weighted by Crippen LogP contribution is 2.19. The summed E-state index contributed by atoms with van der Waals surface area (Å²) in [6.45, 7) is 3.65. The zero-order valence-electron chi connectivity index (χ0n) is 9.65. The van der Waals surface area contributed by atoms with Gasteiger partial charge in [-0.05, 0) is 25.5 Å². The molecule has 0 fully saturated rings.